The van der Waals surface area contributed by atoms with Gasteiger partial charge in [-0.15, -0.1) is 0 Å². The number of anilines is 1. The molecule has 0 aliphatic carbocycles. The van der Waals surface area contributed by atoms with Gasteiger partial charge in [0.1, 0.15) is 11.6 Å². The van der Waals surface area contributed by atoms with Gasteiger partial charge in [-0.25, -0.2) is 22.5 Å². The highest BCUT2D eigenvalue weighted by Crippen LogP contribution is 2.40. The van der Waals surface area contributed by atoms with Gasteiger partial charge < -0.3 is 20.0 Å². The molecular formula is C24H25F4N5O3. The third-order valence-corrected chi connectivity index (χ3v) is 6.33. The Bertz CT molecular complexity index is 1290. The minimum absolute atomic E-state index is 0.0113. The average molecular weight is 507 g/mol. The summed E-state index contributed by atoms with van der Waals surface area (Å²) in [5.41, 5.74) is -0.00809. The van der Waals surface area contributed by atoms with E-state index >= 15 is 0 Å². The molecule has 0 radical (unpaired) electrons. The smallest absolute Gasteiger partial charge is 0.257 e. The number of carbonyl (C=O) groups is 1. The monoisotopic (exact) mass is 507 g/mol. The Morgan fingerprint density at radius 2 is 2.00 bits per heavy atom. The molecule has 12 heteroatoms. The maximum absolute atomic E-state index is 14.8. The lowest BCUT2D eigenvalue weighted by molar-refractivity contribution is -0.125. The Morgan fingerprint density at radius 3 is 2.69 bits per heavy atom. The highest BCUT2D eigenvalue weighted by atomic mass is 19.3. The lowest BCUT2D eigenvalue weighted by atomic mass is 9.86. The van der Waals surface area contributed by atoms with Crippen molar-refractivity contribution in [2.45, 2.75) is 44.4 Å². The third-order valence-electron chi connectivity index (χ3n) is 6.33. The van der Waals surface area contributed by atoms with Gasteiger partial charge in [0.05, 0.1) is 24.9 Å². The van der Waals surface area contributed by atoms with Gasteiger partial charge in [0.25, 0.3) is 11.5 Å². The maximum Gasteiger partial charge on any atom is 0.257 e. The SMILES string of the molecule is C[C@H](C(=O)Nc1cn(Cc2cc(F)cc(F)c2)cn1)N1CCC(F)(F)[C@H](c2c[nH]c(=O)c(CO)c2)C1. The number of rotatable bonds is 7. The van der Waals surface area contributed by atoms with Crippen LogP contribution in [0.2, 0.25) is 0 Å². The molecule has 3 aromatic rings. The van der Waals surface area contributed by atoms with Crippen LogP contribution in [0, 0.1) is 11.6 Å². The lowest BCUT2D eigenvalue weighted by Gasteiger charge is -2.40. The number of halogens is 4. The van der Waals surface area contributed by atoms with Crippen LogP contribution in [0.25, 0.3) is 0 Å². The van der Waals surface area contributed by atoms with E-state index in [0.29, 0.717) is 5.56 Å². The van der Waals surface area contributed by atoms with Crippen molar-refractivity contribution in [3.05, 3.63) is 81.7 Å². The van der Waals surface area contributed by atoms with E-state index in [2.05, 4.69) is 15.3 Å². The van der Waals surface area contributed by atoms with Crippen molar-refractivity contribution in [1.29, 1.82) is 0 Å². The van der Waals surface area contributed by atoms with E-state index in [-0.39, 0.29) is 36.6 Å². The molecule has 0 bridgehead atoms. The molecule has 1 amide bonds. The third kappa shape index (κ3) is 5.65. The molecule has 0 saturated carbocycles. The molecule has 3 heterocycles. The number of aromatic nitrogens is 3. The van der Waals surface area contributed by atoms with Gasteiger partial charge in [0.15, 0.2) is 5.82 Å². The molecule has 36 heavy (non-hydrogen) atoms. The number of pyridine rings is 1. The zero-order valence-corrected chi connectivity index (χ0v) is 19.3. The maximum atomic E-state index is 14.8. The van der Waals surface area contributed by atoms with Crippen LogP contribution in [0.15, 0.2) is 47.8 Å². The second kappa shape index (κ2) is 10.2. The number of nitrogens with one attached hydrogen (secondary N) is 2. The first-order valence-corrected chi connectivity index (χ1v) is 11.3. The van der Waals surface area contributed by atoms with E-state index in [0.717, 1.165) is 6.07 Å². The van der Waals surface area contributed by atoms with Crippen LogP contribution in [0.5, 0.6) is 0 Å². The van der Waals surface area contributed by atoms with Crippen molar-refractivity contribution < 1.29 is 27.5 Å². The van der Waals surface area contributed by atoms with Crippen LogP contribution in [-0.2, 0) is 17.9 Å². The summed E-state index contributed by atoms with van der Waals surface area (Å²) in [5.74, 6) is -6.00. The second-order valence-corrected chi connectivity index (χ2v) is 8.88. The molecule has 192 valence electrons. The first-order valence-electron chi connectivity index (χ1n) is 11.3. The van der Waals surface area contributed by atoms with Crippen LogP contribution in [-0.4, -0.2) is 55.5 Å². The quantitative estimate of drug-likeness (QED) is 0.427. The topological polar surface area (TPSA) is 103 Å². The summed E-state index contributed by atoms with van der Waals surface area (Å²) in [7, 11) is 0. The number of aliphatic hydroxyl groups excluding tert-OH is 1. The van der Waals surface area contributed by atoms with Crippen LogP contribution >= 0.6 is 0 Å². The van der Waals surface area contributed by atoms with E-state index in [9.17, 15) is 32.3 Å². The molecule has 2 aromatic heterocycles. The molecule has 8 nitrogen and oxygen atoms in total. The number of amides is 1. The molecule has 0 unspecified atom stereocenters. The number of likely N-dealkylation sites (tertiary alicyclic amines) is 1. The fourth-order valence-electron chi connectivity index (χ4n) is 4.32. The minimum atomic E-state index is -3.06. The number of alkyl halides is 2. The number of carbonyl (C=O) groups excluding carboxylic acids is 1. The summed E-state index contributed by atoms with van der Waals surface area (Å²) < 4.78 is 57.9. The van der Waals surface area contributed by atoms with Crippen LogP contribution in [0.3, 0.4) is 0 Å². The summed E-state index contributed by atoms with van der Waals surface area (Å²) in [6.45, 7) is 0.982. The van der Waals surface area contributed by atoms with Gasteiger partial charge in [-0.2, -0.15) is 0 Å². The normalized spacial score (nSPS) is 18.7. The highest BCUT2D eigenvalue weighted by molar-refractivity contribution is 5.93. The van der Waals surface area contributed by atoms with Crippen LogP contribution in [0.1, 0.15) is 36.0 Å². The Labute approximate surface area is 203 Å². The fourth-order valence-corrected chi connectivity index (χ4v) is 4.32. The molecule has 0 spiro atoms. The predicted molar refractivity (Wildman–Crippen MR) is 123 cm³/mol. The van der Waals surface area contributed by atoms with Gasteiger partial charge in [0, 0.05) is 50.1 Å². The van der Waals surface area contributed by atoms with Crippen LogP contribution < -0.4 is 10.9 Å². The summed E-state index contributed by atoms with van der Waals surface area (Å²) in [4.78, 5) is 32.6. The zero-order chi connectivity index (χ0) is 26.0. The van der Waals surface area contributed by atoms with E-state index < -0.39 is 54.0 Å². The number of imidazole rings is 1. The molecular weight excluding hydrogens is 482 g/mol. The average Bonchev–Trinajstić information content (AvgIpc) is 3.24. The number of H-pyrrole nitrogens is 1. The molecule has 1 aliphatic heterocycles. The molecule has 1 aromatic carbocycles. The highest BCUT2D eigenvalue weighted by Gasteiger charge is 2.46. The summed E-state index contributed by atoms with van der Waals surface area (Å²) >= 11 is 0. The number of aromatic amines is 1. The first-order chi connectivity index (χ1) is 17.1. The minimum Gasteiger partial charge on any atom is -0.391 e. The standard InChI is InChI=1S/C24H25F4N5O3/c1-14(22(35)31-21-11-32(13-30-21)9-15-4-18(25)7-19(26)5-15)33-3-2-24(27,28)20(10-33)16-6-17(12-34)23(36)29-8-16/h4-8,11,13-14,20,34H,2-3,9-10,12H2,1H3,(H,29,36)(H,31,35)/t14-,20+/m1/s1. The molecule has 3 N–H and O–H groups in total. The van der Waals surface area contributed by atoms with E-state index in [1.165, 1.54) is 36.9 Å². The van der Waals surface area contributed by atoms with Crippen molar-refractivity contribution in [3.8, 4) is 0 Å². The van der Waals surface area contributed by atoms with Gasteiger partial charge in [-0.05, 0) is 36.2 Å². The van der Waals surface area contributed by atoms with Crippen molar-refractivity contribution >= 4 is 11.7 Å². The Morgan fingerprint density at radius 1 is 1.28 bits per heavy atom. The Hall–Kier alpha value is -3.51. The molecule has 1 saturated heterocycles. The van der Waals surface area contributed by atoms with E-state index in [1.54, 1.807) is 16.4 Å². The predicted octanol–water partition coefficient (Wildman–Crippen LogP) is 2.84. The van der Waals surface area contributed by atoms with Gasteiger partial charge in [0.2, 0.25) is 5.91 Å². The molecule has 1 fully saturated rings. The van der Waals surface area contributed by atoms with Gasteiger partial charge in [-0.3, -0.25) is 14.5 Å². The lowest BCUT2D eigenvalue weighted by Crippen LogP contribution is -2.52. The number of hydrogen-bond acceptors (Lipinski definition) is 5. The molecule has 4 rings (SSSR count). The number of nitrogens with zero attached hydrogens (tertiary/aromatic N) is 3. The van der Waals surface area contributed by atoms with Crippen LogP contribution in [0.4, 0.5) is 23.4 Å². The van der Waals surface area contributed by atoms with Gasteiger partial charge >= 0.3 is 0 Å². The van der Waals surface area contributed by atoms with E-state index in [4.69, 9.17) is 0 Å². The number of piperidine rings is 1. The number of benzene rings is 1. The number of aliphatic hydroxyl groups is 1. The Kier molecular flexibility index (Phi) is 7.27. The second-order valence-electron chi connectivity index (χ2n) is 8.88. The molecule has 1 aliphatic rings. The zero-order valence-electron chi connectivity index (χ0n) is 19.3. The first kappa shape index (κ1) is 25.6. The molecule has 2 atom stereocenters. The van der Waals surface area contributed by atoms with Crippen molar-refractivity contribution in [1.82, 2.24) is 19.4 Å². The largest absolute Gasteiger partial charge is 0.391 e. The Balaban J connectivity index is 1.42. The van der Waals surface area contributed by atoms with E-state index in [1.807, 2.05) is 0 Å². The number of hydrogen-bond donors (Lipinski definition) is 3. The fraction of sp³-hybridized carbons (Fsp3) is 0.375. The van der Waals surface area contributed by atoms with Crippen molar-refractivity contribution in [3.63, 3.8) is 0 Å². The summed E-state index contributed by atoms with van der Waals surface area (Å²) in [6, 6.07) is 3.65. The van der Waals surface area contributed by atoms with Crippen molar-refractivity contribution in [2.75, 3.05) is 18.4 Å². The summed E-state index contributed by atoms with van der Waals surface area (Å²) in [5, 5.41) is 12.0. The summed E-state index contributed by atoms with van der Waals surface area (Å²) in [6.07, 6.45) is 3.62. The van der Waals surface area contributed by atoms with Gasteiger partial charge in [-0.1, -0.05) is 0 Å². The van der Waals surface area contributed by atoms with Crippen molar-refractivity contribution in [2.24, 2.45) is 0 Å².